The molecule has 0 radical (unpaired) electrons. The van der Waals surface area contributed by atoms with Crippen molar-refractivity contribution < 1.29 is 24.0 Å². The quantitative estimate of drug-likeness (QED) is 0.670. The molecule has 0 fully saturated rings. The molecule has 1 N–H and O–H groups in total. The second-order valence-electron chi connectivity index (χ2n) is 3.81. The Morgan fingerprint density at radius 2 is 2.29 bits per heavy atom. The zero-order chi connectivity index (χ0) is 15.6. The van der Waals surface area contributed by atoms with Crippen molar-refractivity contribution in [2.75, 3.05) is 0 Å². The Bertz CT molecular complexity index is 686. The molecule has 0 atom stereocenters. The number of benzene rings is 1. The third kappa shape index (κ3) is 3.26. The molecule has 21 heavy (non-hydrogen) atoms. The van der Waals surface area contributed by atoms with Crippen LogP contribution in [0.2, 0.25) is 5.02 Å². The summed E-state index contributed by atoms with van der Waals surface area (Å²) >= 11 is 5.74. The van der Waals surface area contributed by atoms with Crippen molar-refractivity contribution in [3.05, 3.63) is 51.0 Å². The summed E-state index contributed by atoms with van der Waals surface area (Å²) in [5.74, 6) is -1.94. The van der Waals surface area contributed by atoms with Crippen molar-refractivity contribution in [2.24, 2.45) is 0 Å². The van der Waals surface area contributed by atoms with E-state index in [0.29, 0.717) is 0 Å². The Hall–Kier alpha value is -2.68. The fraction of sp³-hybridized carbons (Fsp3) is 0.0909. The molecule has 0 aliphatic carbocycles. The first-order valence-corrected chi connectivity index (χ1v) is 5.79. The van der Waals surface area contributed by atoms with Crippen molar-refractivity contribution in [2.45, 2.75) is 6.73 Å². The molecule has 2 rings (SSSR count). The standard InChI is InChI=1S/C11H7ClFN3O5/c12-7-3-6(13)1-2-9(7)21-5-15-4-8(16(19)20)10(14-15)11(17)18/h1-4H,5H2,(H,17,18). The fourth-order valence-corrected chi connectivity index (χ4v) is 1.71. The number of ether oxygens (including phenoxy) is 1. The molecule has 0 amide bonds. The Labute approximate surface area is 121 Å². The highest BCUT2D eigenvalue weighted by Gasteiger charge is 2.25. The number of carboxylic acids is 1. The van der Waals surface area contributed by atoms with Gasteiger partial charge in [0.25, 0.3) is 0 Å². The SMILES string of the molecule is O=C(O)c1nn(COc2ccc(F)cc2Cl)cc1[N+](=O)[O-]. The summed E-state index contributed by atoms with van der Waals surface area (Å²) in [4.78, 5) is 20.6. The highest BCUT2D eigenvalue weighted by Crippen LogP contribution is 2.25. The molecule has 110 valence electrons. The summed E-state index contributed by atoms with van der Waals surface area (Å²) in [6.45, 7) is -0.320. The molecule has 0 bridgehead atoms. The van der Waals surface area contributed by atoms with Crippen molar-refractivity contribution in [3.63, 3.8) is 0 Å². The van der Waals surface area contributed by atoms with Crippen molar-refractivity contribution in [1.82, 2.24) is 9.78 Å². The lowest BCUT2D eigenvalue weighted by Gasteiger charge is -2.07. The number of hydrogen-bond donors (Lipinski definition) is 1. The lowest BCUT2D eigenvalue weighted by atomic mass is 10.3. The van der Waals surface area contributed by atoms with E-state index >= 15 is 0 Å². The van der Waals surface area contributed by atoms with E-state index in [1.54, 1.807) is 0 Å². The lowest BCUT2D eigenvalue weighted by Crippen LogP contribution is -2.08. The van der Waals surface area contributed by atoms with Gasteiger partial charge >= 0.3 is 11.7 Å². The third-order valence-electron chi connectivity index (χ3n) is 2.39. The van der Waals surface area contributed by atoms with Crippen LogP contribution in [0.1, 0.15) is 10.5 Å². The monoisotopic (exact) mass is 315 g/mol. The van der Waals surface area contributed by atoms with Gasteiger partial charge in [0.2, 0.25) is 5.69 Å². The van der Waals surface area contributed by atoms with Crippen LogP contribution in [-0.4, -0.2) is 25.8 Å². The first kappa shape index (κ1) is 14.7. The van der Waals surface area contributed by atoms with E-state index in [2.05, 4.69) is 5.10 Å². The number of aromatic carboxylic acids is 1. The van der Waals surface area contributed by atoms with Crippen LogP contribution in [0.4, 0.5) is 10.1 Å². The molecule has 0 saturated carbocycles. The highest BCUT2D eigenvalue weighted by molar-refractivity contribution is 6.32. The van der Waals surface area contributed by atoms with Gasteiger partial charge in [-0.05, 0) is 18.2 Å². The lowest BCUT2D eigenvalue weighted by molar-refractivity contribution is -0.385. The molecule has 2 aromatic rings. The second kappa shape index (κ2) is 5.75. The average molecular weight is 316 g/mol. The minimum atomic E-state index is -1.53. The number of carboxylic acid groups (broad SMARTS) is 1. The topological polar surface area (TPSA) is 107 Å². The summed E-state index contributed by atoms with van der Waals surface area (Å²) in [5, 5.41) is 23.0. The van der Waals surface area contributed by atoms with Crippen molar-refractivity contribution in [3.8, 4) is 5.75 Å². The number of rotatable bonds is 5. The van der Waals surface area contributed by atoms with Crippen LogP contribution in [0.5, 0.6) is 5.75 Å². The molecule has 0 aliphatic heterocycles. The number of nitro groups is 1. The molecule has 10 heteroatoms. The van der Waals surface area contributed by atoms with Gasteiger partial charge < -0.3 is 9.84 Å². The maximum atomic E-state index is 12.8. The van der Waals surface area contributed by atoms with E-state index in [0.717, 1.165) is 23.0 Å². The van der Waals surface area contributed by atoms with E-state index in [9.17, 15) is 19.3 Å². The molecular weight excluding hydrogens is 309 g/mol. The van der Waals surface area contributed by atoms with Crippen LogP contribution < -0.4 is 4.74 Å². The molecule has 0 aliphatic rings. The fourth-order valence-electron chi connectivity index (χ4n) is 1.49. The van der Waals surface area contributed by atoms with E-state index in [1.165, 1.54) is 6.07 Å². The summed E-state index contributed by atoms with van der Waals surface area (Å²) in [5.41, 5.74) is -1.36. The van der Waals surface area contributed by atoms with Gasteiger partial charge in [0, 0.05) is 0 Å². The van der Waals surface area contributed by atoms with Gasteiger partial charge in [-0.25, -0.2) is 13.9 Å². The van der Waals surface area contributed by atoms with Crippen molar-refractivity contribution in [1.29, 1.82) is 0 Å². The maximum Gasteiger partial charge on any atom is 0.363 e. The molecule has 1 heterocycles. The van der Waals surface area contributed by atoms with Gasteiger partial charge in [-0.3, -0.25) is 10.1 Å². The third-order valence-corrected chi connectivity index (χ3v) is 2.68. The van der Waals surface area contributed by atoms with Gasteiger partial charge in [-0.15, -0.1) is 0 Å². The van der Waals surface area contributed by atoms with Gasteiger partial charge in [0.1, 0.15) is 17.8 Å². The van der Waals surface area contributed by atoms with E-state index < -0.39 is 28.1 Å². The molecule has 1 aromatic carbocycles. The van der Waals surface area contributed by atoms with Gasteiger partial charge in [0.05, 0.1) is 9.95 Å². The highest BCUT2D eigenvalue weighted by atomic mass is 35.5. The number of halogens is 2. The second-order valence-corrected chi connectivity index (χ2v) is 4.22. The molecular formula is C11H7ClFN3O5. The number of hydrogen-bond acceptors (Lipinski definition) is 5. The first-order chi connectivity index (χ1) is 9.88. The largest absolute Gasteiger partial charge is 0.476 e. The molecule has 1 aromatic heterocycles. The van der Waals surface area contributed by atoms with Crippen LogP contribution >= 0.6 is 11.6 Å². The Balaban J connectivity index is 2.18. The van der Waals surface area contributed by atoms with Crippen LogP contribution in [0.15, 0.2) is 24.4 Å². The summed E-state index contributed by atoms with van der Waals surface area (Å²) in [6, 6.07) is 3.42. The minimum Gasteiger partial charge on any atom is -0.476 e. The zero-order valence-corrected chi connectivity index (χ0v) is 11.0. The minimum absolute atomic E-state index is 0.00936. The summed E-state index contributed by atoms with van der Waals surface area (Å²) in [7, 11) is 0. The molecule has 8 nitrogen and oxygen atoms in total. The predicted molar refractivity (Wildman–Crippen MR) is 67.9 cm³/mol. The summed E-state index contributed by atoms with van der Waals surface area (Å²) in [6.07, 6.45) is 0.918. The Morgan fingerprint density at radius 3 is 2.81 bits per heavy atom. The van der Waals surface area contributed by atoms with Crippen LogP contribution in [-0.2, 0) is 6.73 Å². The summed E-state index contributed by atoms with van der Waals surface area (Å²) < 4.78 is 19.0. The molecule has 0 spiro atoms. The van der Waals surface area contributed by atoms with Crippen LogP contribution in [0.3, 0.4) is 0 Å². The maximum absolute atomic E-state index is 12.8. The number of carbonyl (C=O) groups is 1. The Kier molecular flexibility index (Phi) is 4.03. The molecule has 0 unspecified atom stereocenters. The van der Waals surface area contributed by atoms with Gasteiger partial charge in [-0.1, -0.05) is 11.6 Å². The Morgan fingerprint density at radius 1 is 1.57 bits per heavy atom. The van der Waals surface area contributed by atoms with E-state index in [-0.39, 0.29) is 17.5 Å². The van der Waals surface area contributed by atoms with Gasteiger partial charge in [0.15, 0.2) is 6.73 Å². The van der Waals surface area contributed by atoms with Crippen LogP contribution in [0, 0.1) is 15.9 Å². The average Bonchev–Trinajstić information content (AvgIpc) is 2.82. The normalized spacial score (nSPS) is 10.4. The first-order valence-electron chi connectivity index (χ1n) is 5.41. The smallest absolute Gasteiger partial charge is 0.363 e. The predicted octanol–water partition coefficient (Wildman–Crippen LogP) is 2.32. The molecule has 0 saturated heterocycles. The van der Waals surface area contributed by atoms with Gasteiger partial charge in [-0.2, -0.15) is 5.10 Å². The van der Waals surface area contributed by atoms with Crippen LogP contribution in [0.25, 0.3) is 0 Å². The number of aromatic nitrogens is 2. The zero-order valence-electron chi connectivity index (χ0n) is 10.2. The van der Waals surface area contributed by atoms with E-state index in [4.69, 9.17) is 21.4 Å². The van der Waals surface area contributed by atoms with E-state index in [1.807, 2.05) is 0 Å². The number of nitrogens with zero attached hydrogens (tertiary/aromatic N) is 3. The van der Waals surface area contributed by atoms with Crippen molar-refractivity contribution >= 4 is 23.3 Å².